The van der Waals surface area contributed by atoms with Crippen molar-refractivity contribution in [3.63, 3.8) is 0 Å². The molecule has 1 amide bonds. The molecule has 0 spiro atoms. The molecule has 0 aromatic heterocycles. The number of nitro groups is 1. The van der Waals surface area contributed by atoms with Crippen molar-refractivity contribution in [3.8, 4) is 0 Å². The van der Waals surface area contributed by atoms with Gasteiger partial charge in [-0.1, -0.05) is 36.4 Å². The van der Waals surface area contributed by atoms with Crippen molar-refractivity contribution in [1.82, 2.24) is 4.90 Å². The first-order valence-electron chi connectivity index (χ1n) is 9.27. The number of amides is 1. The quantitative estimate of drug-likeness (QED) is 0.622. The van der Waals surface area contributed by atoms with Crippen LogP contribution >= 0.6 is 0 Å². The average molecular weight is 367 g/mol. The van der Waals surface area contributed by atoms with Gasteiger partial charge in [-0.3, -0.25) is 19.8 Å². The molecule has 142 valence electrons. The summed E-state index contributed by atoms with van der Waals surface area (Å²) in [4.78, 5) is 25.2. The largest absolute Gasteiger partial charge is 0.324 e. The van der Waals surface area contributed by atoms with E-state index in [9.17, 15) is 14.9 Å². The van der Waals surface area contributed by atoms with E-state index in [4.69, 9.17) is 0 Å². The van der Waals surface area contributed by atoms with Crippen LogP contribution in [0.1, 0.15) is 24.5 Å². The maximum Gasteiger partial charge on any atom is 0.271 e. The highest BCUT2D eigenvalue weighted by atomic mass is 16.6. The molecule has 6 heteroatoms. The van der Waals surface area contributed by atoms with Crippen molar-refractivity contribution in [2.45, 2.75) is 32.7 Å². The number of nitro benzene ring substituents is 1. The minimum Gasteiger partial charge on any atom is -0.324 e. The van der Waals surface area contributed by atoms with Crippen LogP contribution in [0.3, 0.4) is 0 Å². The predicted octanol–water partition coefficient (Wildman–Crippen LogP) is 3.79. The maximum absolute atomic E-state index is 12.5. The topological polar surface area (TPSA) is 75.5 Å². The highest BCUT2D eigenvalue weighted by molar-refractivity contribution is 5.93. The van der Waals surface area contributed by atoms with E-state index in [-0.39, 0.29) is 11.6 Å². The molecule has 1 N–H and O–H groups in total. The summed E-state index contributed by atoms with van der Waals surface area (Å²) in [7, 11) is 0. The molecule has 1 aliphatic rings. The molecule has 27 heavy (non-hydrogen) atoms. The summed E-state index contributed by atoms with van der Waals surface area (Å²) in [6.45, 7) is 5.19. The molecule has 1 fully saturated rings. The molecular formula is C21H25N3O3. The van der Waals surface area contributed by atoms with Gasteiger partial charge in [0, 0.05) is 18.2 Å². The standard InChI is InChI=1S/C21H25N3O3/c1-15-8-9-19(24(26)27)13-20(15)22-21(25)14-23-11-10-18(16(23)2)12-17-6-4-3-5-7-17/h3-9,13,16,18H,10-12,14H2,1-2H3,(H,22,25). The van der Waals surface area contributed by atoms with Crippen LogP contribution < -0.4 is 5.32 Å². The van der Waals surface area contributed by atoms with Gasteiger partial charge < -0.3 is 5.32 Å². The monoisotopic (exact) mass is 367 g/mol. The molecule has 1 aliphatic heterocycles. The summed E-state index contributed by atoms with van der Waals surface area (Å²) >= 11 is 0. The Kier molecular flexibility index (Phi) is 5.86. The van der Waals surface area contributed by atoms with Crippen LogP contribution in [-0.4, -0.2) is 34.9 Å². The second-order valence-electron chi connectivity index (χ2n) is 7.25. The number of likely N-dealkylation sites (tertiary alicyclic amines) is 1. The van der Waals surface area contributed by atoms with Crippen molar-refractivity contribution in [2.75, 3.05) is 18.4 Å². The van der Waals surface area contributed by atoms with Crippen LogP contribution in [-0.2, 0) is 11.2 Å². The summed E-state index contributed by atoms with van der Waals surface area (Å²) < 4.78 is 0. The molecule has 2 aromatic carbocycles. The zero-order valence-corrected chi connectivity index (χ0v) is 15.7. The molecule has 1 heterocycles. The molecule has 2 aromatic rings. The summed E-state index contributed by atoms with van der Waals surface area (Å²) in [5.74, 6) is 0.394. The number of rotatable bonds is 6. The number of anilines is 1. The number of hydrogen-bond acceptors (Lipinski definition) is 4. The van der Waals surface area contributed by atoms with Crippen molar-refractivity contribution >= 4 is 17.3 Å². The smallest absolute Gasteiger partial charge is 0.271 e. The third-order valence-corrected chi connectivity index (χ3v) is 5.44. The van der Waals surface area contributed by atoms with Gasteiger partial charge in [-0.05, 0) is 50.3 Å². The van der Waals surface area contributed by atoms with E-state index in [1.54, 1.807) is 6.07 Å². The lowest BCUT2D eigenvalue weighted by atomic mass is 9.93. The van der Waals surface area contributed by atoms with Gasteiger partial charge in [-0.2, -0.15) is 0 Å². The van der Waals surface area contributed by atoms with E-state index in [1.807, 2.05) is 13.0 Å². The van der Waals surface area contributed by atoms with E-state index in [0.717, 1.165) is 24.9 Å². The molecule has 1 saturated heterocycles. The Morgan fingerprint density at radius 2 is 2.00 bits per heavy atom. The Balaban J connectivity index is 1.58. The van der Waals surface area contributed by atoms with Crippen LogP contribution in [0.15, 0.2) is 48.5 Å². The Hall–Kier alpha value is -2.73. The van der Waals surface area contributed by atoms with Crippen molar-refractivity contribution < 1.29 is 9.72 Å². The van der Waals surface area contributed by atoms with Crippen LogP contribution in [0.25, 0.3) is 0 Å². The highest BCUT2D eigenvalue weighted by Gasteiger charge is 2.31. The number of non-ortho nitro benzene ring substituents is 1. The third kappa shape index (κ3) is 4.71. The SMILES string of the molecule is Cc1ccc([N+](=O)[O-])cc1NC(=O)CN1CCC(Cc2ccccc2)C1C. The molecule has 2 unspecified atom stereocenters. The van der Waals surface area contributed by atoms with Gasteiger partial charge in [0.15, 0.2) is 0 Å². The van der Waals surface area contributed by atoms with Crippen LogP contribution in [0.2, 0.25) is 0 Å². The fourth-order valence-electron chi connectivity index (χ4n) is 3.72. The molecule has 3 rings (SSSR count). The number of nitrogens with zero attached hydrogens (tertiary/aromatic N) is 2. The predicted molar refractivity (Wildman–Crippen MR) is 106 cm³/mol. The Labute approximate surface area is 159 Å². The number of hydrogen-bond donors (Lipinski definition) is 1. The Bertz CT molecular complexity index is 823. The molecule has 0 bridgehead atoms. The van der Waals surface area contributed by atoms with Crippen molar-refractivity contribution in [3.05, 3.63) is 69.8 Å². The summed E-state index contributed by atoms with van der Waals surface area (Å²) in [5.41, 5.74) is 2.62. The molecule has 6 nitrogen and oxygen atoms in total. The molecule has 0 radical (unpaired) electrons. The average Bonchev–Trinajstić information content (AvgIpc) is 2.97. The first kappa shape index (κ1) is 19.0. The minimum atomic E-state index is -0.453. The third-order valence-electron chi connectivity index (χ3n) is 5.44. The lowest BCUT2D eigenvalue weighted by Gasteiger charge is -2.24. The first-order valence-corrected chi connectivity index (χ1v) is 9.27. The highest BCUT2D eigenvalue weighted by Crippen LogP contribution is 2.27. The van der Waals surface area contributed by atoms with Gasteiger partial charge in [0.1, 0.15) is 0 Å². The molecular weight excluding hydrogens is 342 g/mol. The van der Waals surface area contributed by atoms with Crippen LogP contribution in [0, 0.1) is 23.0 Å². The maximum atomic E-state index is 12.5. The second-order valence-corrected chi connectivity index (χ2v) is 7.25. The van der Waals surface area contributed by atoms with Gasteiger partial charge >= 0.3 is 0 Å². The minimum absolute atomic E-state index is 0.0200. The first-order chi connectivity index (χ1) is 12.9. The number of benzene rings is 2. The lowest BCUT2D eigenvalue weighted by Crippen LogP contribution is -2.37. The fraction of sp³-hybridized carbons (Fsp3) is 0.381. The van der Waals surface area contributed by atoms with Crippen LogP contribution in [0.5, 0.6) is 0 Å². The van der Waals surface area contributed by atoms with Gasteiger partial charge in [-0.25, -0.2) is 0 Å². The van der Waals surface area contributed by atoms with E-state index in [0.29, 0.717) is 24.2 Å². The molecule has 0 aliphatic carbocycles. The Morgan fingerprint density at radius 1 is 1.26 bits per heavy atom. The van der Waals surface area contributed by atoms with E-state index in [1.165, 1.54) is 17.7 Å². The Morgan fingerprint density at radius 3 is 2.70 bits per heavy atom. The summed E-state index contributed by atoms with van der Waals surface area (Å²) in [6.07, 6.45) is 2.09. The zero-order valence-electron chi connectivity index (χ0n) is 15.7. The van der Waals surface area contributed by atoms with Crippen molar-refractivity contribution in [1.29, 1.82) is 0 Å². The zero-order chi connectivity index (χ0) is 19.4. The van der Waals surface area contributed by atoms with Gasteiger partial charge in [0.05, 0.1) is 17.2 Å². The summed E-state index contributed by atoms with van der Waals surface area (Å²) in [5, 5.41) is 13.8. The van der Waals surface area contributed by atoms with Gasteiger partial charge in [0.25, 0.3) is 5.69 Å². The molecule has 0 saturated carbocycles. The van der Waals surface area contributed by atoms with Gasteiger partial charge in [-0.15, -0.1) is 0 Å². The number of nitrogens with one attached hydrogen (secondary N) is 1. The summed E-state index contributed by atoms with van der Waals surface area (Å²) in [6, 6.07) is 15.3. The lowest BCUT2D eigenvalue weighted by molar-refractivity contribution is -0.384. The van der Waals surface area contributed by atoms with Crippen molar-refractivity contribution in [2.24, 2.45) is 5.92 Å². The van der Waals surface area contributed by atoms with E-state index in [2.05, 4.69) is 41.4 Å². The fourth-order valence-corrected chi connectivity index (χ4v) is 3.72. The number of carbonyl (C=O) groups is 1. The number of carbonyl (C=O) groups excluding carboxylic acids is 1. The van der Waals surface area contributed by atoms with E-state index < -0.39 is 4.92 Å². The molecule has 2 atom stereocenters. The normalized spacial score (nSPS) is 19.8. The van der Waals surface area contributed by atoms with Gasteiger partial charge in [0.2, 0.25) is 5.91 Å². The second kappa shape index (κ2) is 8.31. The number of aryl methyl sites for hydroxylation is 1. The van der Waals surface area contributed by atoms with Crippen LogP contribution in [0.4, 0.5) is 11.4 Å². The van der Waals surface area contributed by atoms with E-state index >= 15 is 0 Å².